The van der Waals surface area contributed by atoms with Crippen molar-refractivity contribution >= 4 is 23.2 Å². The Morgan fingerprint density at radius 1 is 1.52 bits per heavy atom. The molecular weight excluding hydrogens is 288 g/mol. The second-order valence-corrected chi connectivity index (χ2v) is 5.97. The summed E-state index contributed by atoms with van der Waals surface area (Å²) in [5, 5.41) is 6.81. The Balaban J connectivity index is 2.10. The topological polar surface area (TPSA) is 50.4 Å². The van der Waals surface area contributed by atoms with Crippen LogP contribution in [0.15, 0.2) is 18.2 Å². The molecule has 1 aliphatic heterocycles. The molecule has 1 fully saturated rings. The summed E-state index contributed by atoms with van der Waals surface area (Å²) >= 11 is 6.03. The fourth-order valence-electron chi connectivity index (χ4n) is 2.55. The number of halogens is 1. The summed E-state index contributed by atoms with van der Waals surface area (Å²) in [7, 11) is 0. The number of rotatable bonds is 5. The van der Waals surface area contributed by atoms with E-state index in [1.165, 1.54) is 0 Å². The summed E-state index contributed by atoms with van der Waals surface area (Å²) in [4.78, 5) is 12.4. The van der Waals surface area contributed by atoms with Crippen LogP contribution >= 0.6 is 11.6 Å². The largest absolute Gasteiger partial charge is 0.491 e. The number of hydrogen-bond donors (Lipinski definition) is 2. The van der Waals surface area contributed by atoms with Crippen LogP contribution in [-0.4, -0.2) is 25.1 Å². The van der Waals surface area contributed by atoms with Crippen molar-refractivity contribution in [3.8, 4) is 5.75 Å². The van der Waals surface area contributed by atoms with Crippen molar-refractivity contribution in [3.63, 3.8) is 0 Å². The average Bonchev–Trinajstić information content (AvgIpc) is 2.47. The molecule has 4 nitrogen and oxygen atoms in total. The summed E-state index contributed by atoms with van der Waals surface area (Å²) in [6, 6.07) is 5.14. The van der Waals surface area contributed by atoms with Gasteiger partial charge in [0.2, 0.25) is 5.91 Å². The lowest BCUT2D eigenvalue weighted by molar-refractivity contribution is -0.119. The van der Waals surface area contributed by atoms with Crippen LogP contribution in [0.5, 0.6) is 5.75 Å². The fraction of sp³-hybridized carbons (Fsp3) is 0.562. The monoisotopic (exact) mass is 310 g/mol. The lowest BCUT2D eigenvalue weighted by Crippen LogP contribution is -2.48. The van der Waals surface area contributed by atoms with E-state index in [1.807, 2.05) is 6.92 Å². The number of nitrogens with one attached hydrogen (secondary N) is 2. The molecule has 2 N–H and O–H groups in total. The lowest BCUT2D eigenvalue weighted by Gasteiger charge is -2.29. The molecule has 1 amide bonds. The molecule has 0 aromatic heterocycles. The van der Waals surface area contributed by atoms with Gasteiger partial charge in [0.1, 0.15) is 5.75 Å². The summed E-state index contributed by atoms with van der Waals surface area (Å²) < 4.78 is 5.66. The minimum atomic E-state index is -0.156. The number of ether oxygens (including phenoxy) is 1. The molecule has 0 saturated carbocycles. The SMILES string of the molecule is CCCOc1ccc(Cl)cc1NC(=O)C1NCCCC1C. The molecule has 2 rings (SSSR count). The Morgan fingerprint density at radius 2 is 2.33 bits per heavy atom. The third-order valence-electron chi connectivity index (χ3n) is 3.71. The van der Waals surface area contributed by atoms with Gasteiger partial charge in [0.05, 0.1) is 18.3 Å². The van der Waals surface area contributed by atoms with Gasteiger partial charge in [0, 0.05) is 5.02 Å². The van der Waals surface area contributed by atoms with Crippen LogP contribution < -0.4 is 15.4 Å². The molecule has 2 unspecified atom stereocenters. The van der Waals surface area contributed by atoms with Crippen molar-refractivity contribution in [1.82, 2.24) is 5.32 Å². The smallest absolute Gasteiger partial charge is 0.241 e. The van der Waals surface area contributed by atoms with Gasteiger partial charge < -0.3 is 15.4 Å². The van der Waals surface area contributed by atoms with Gasteiger partial charge in [-0.3, -0.25) is 4.79 Å². The van der Waals surface area contributed by atoms with E-state index in [4.69, 9.17) is 16.3 Å². The van der Waals surface area contributed by atoms with Crippen molar-refractivity contribution in [2.24, 2.45) is 5.92 Å². The van der Waals surface area contributed by atoms with Crippen molar-refractivity contribution in [3.05, 3.63) is 23.2 Å². The van der Waals surface area contributed by atoms with Crippen LogP contribution in [0.2, 0.25) is 5.02 Å². The van der Waals surface area contributed by atoms with E-state index in [1.54, 1.807) is 18.2 Å². The van der Waals surface area contributed by atoms with Gasteiger partial charge in [-0.05, 0) is 49.9 Å². The Hall–Kier alpha value is -1.26. The molecule has 0 bridgehead atoms. The Morgan fingerprint density at radius 3 is 3.05 bits per heavy atom. The molecule has 1 saturated heterocycles. The summed E-state index contributed by atoms with van der Waals surface area (Å²) in [6.07, 6.45) is 3.10. The first-order valence-electron chi connectivity index (χ1n) is 7.58. The van der Waals surface area contributed by atoms with E-state index in [0.29, 0.717) is 29.0 Å². The summed E-state index contributed by atoms with van der Waals surface area (Å²) in [6.45, 7) is 5.64. The van der Waals surface area contributed by atoms with Gasteiger partial charge in [0.15, 0.2) is 0 Å². The van der Waals surface area contributed by atoms with Crippen molar-refractivity contribution in [2.45, 2.75) is 39.2 Å². The number of amides is 1. The predicted molar refractivity (Wildman–Crippen MR) is 86.1 cm³/mol. The highest BCUT2D eigenvalue weighted by Crippen LogP contribution is 2.29. The molecule has 0 spiro atoms. The molecule has 116 valence electrons. The Kier molecular flexibility index (Phi) is 5.88. The second kappa shape index (κ2) is 7.66. The maximum atomic E-state index is 12.4. The second-order valence-electron chi connectivity index (χ2n) is 5.53. The normalized spacial score (nSPS) is 21.9. The third kappa shape index (κ3) is 4.35. The maximum Gasteiger partial charge on any atom is 0.241 e. The standard InChI is InChI=1S/C16H23ClN2O2/c1-3-9-21-14-7-6-12(17)10-13(14)19-16(20)15-11(2)5-4-8-18-15/h6-7,10-11,15,18H,3-5,8-9H2,1-2H3,(H,19,20). The molecule has 21 heavy (non-hydrogen) atoms. The van der Waals surface area contributed by atoms with Crippen molar-refractivity contribution < 1.29 is 9.53 Å². The number of anilines is 1. The summed E-state index contributed by atoms with van der Waals surface area (Å²) in [5.41, 5.74) is 0.639. The first-order valence-corrected chi connectivity index (χ1v) is 7.96. The molecule has 1 heterocycles. The minimum Gasteiger partial charge on any atom is -0.491 e. The van der Waals surface area contributed by atoms with Gasteiger partial charge in [-0.15, -0.1) is 0 Å². The minimum absolute atomic E-state index is 0.0224. The molecule has 0 aliphatic carbocycles. The van der Waals surface area contributed by atoms with E-state index >= 15 is 0 Å². The molecule has 1 aromatic rings. The van der Waals surface area contributed by atoms with E-state index in [9.17, 15) is 4.79 Å². The first-order chi connectivity index (χ1) is 10.1. The number of carbonyl (C=O) groups is 1. The van der Waals surface area contributed by atoms with Gasteiger partial charge in [0.25, 0.3) is 0 Å². The van der Waals surface area contributed by atoms with Gasteiger partial charge in [-0.2, -0.15) is 0 Å². The molecule has 5 heteroatoms. The zero-order chi connectivity index (χ0) is 15.2. The van der Waals surface area contributed by atoms with E-state index in [-0.39, 0.29) is 11.9 Å². The van der Waals surface area contributed by atoms with Crippen molar-refractivity contribution in [1.29, 1.82) is 0 Å². The van der Waals surface area contributed by atoms with Crippen LogP contribution in [0.3, 0.4) is 0 Å². The lowest BCUT2D eigenvalue weighted by atomic mass is 9.92. The zero-order valence-electron chi connectivity index (χ0n) is 12.6. The molecular formula is C16H23ClN2O2. The first kappa shape index (κ1) is 16.1. The van der Waals surface area contributed by atoms with Crippen molar-refractivity contribution in [2.75, 3.05) is 18.5 Å². The zero-order valence-corrected chi connectivity index (χ0v) is 13.4. The Labute approximate surface area is 131 Å². The highest BCUT2D eigenvalue weighted by molar-refractivity contribution is 6.31. The number of piperidine rings is 1. The van der Waals surface area contributed by atoms with E-state index < -0.39 is 0 Å². The van der Waals surface area contributed by atoms with Crippen LogP contribution in [-0.2, 0) is 4.79 Å². The number of benzene rings is 1. The van der Waals surface area contributed by atoms with Gasteiger partial charge >= 0.3 is 0 Å². The highest BCUT2D eigenvalue weighted by Gasteiger charge is 2.27. The van der Waals surface area contributed by atoms with Crippen LogP contribution in [0.25, 0.3) is 0 Å². The van der Waals surface area contributed by atoms with Crippen LogP contribution in [0, 0.1) is 5.92 Å². The predicted octanol–water partition coefficient (Wildman–Crippen LogP) is 3.46. The number of carbonyl (C=O) groups excluding carboxylic acids is 1. The molecule has 1 aromatic carbocycles. The Bertz CT molecular complexity index is 493. The maximum absolute atomic E-state index is 12.4. The quantitative estimate of drug-likeness (QED) is 0.875. The van der Waals surface area contributed by atoms with Gasteiger partial charge in [-0.25, -0.2) is 0 Å². The van der Waals surface area contributed by atoms with Crippen LogP contribution in [0.4, 0.5) is 5.69 Å². The van der Waals surface area contributed by atoms with Gasteiger partial charge in [-0.1, -0.05) is 25.4 Å². The van der Waals surface area contributed by atoms with Crippen LogP contribution in [0.1, 0.15) is 33.1 Å². The fourth-order valence-corrected chi connectivity index (χ4v) is 2.72. The molecule has 2 atom stereocenters. The molecule has 0 radical (unpaired) electrons. The average molecular weight is 311 g/mol. The highest BCUT2D eigenvalue weighted by atomic mass is 35.5. The summed E-state index contributed by atoms with van der Waals surface area (Å²) in [5.74, 6) is 0.974. The molecule has 1 aliphatic rings. The third-order valence-corrected chi connectivity index (χ3v) is 3.95. The number of hydrogen-bond acceptors (Lipinski definition) is 3. The van der Waals surface area contributed by atoms with E-state index in [0.717, 1.165) is 25.8 Å². The van der Waals surface area contributed by atoms with E-state index in [2.05, 4.69) is 17.6 Å².